The number of aliphatic hydroxyl groups is 1. The molecule has 0 fully saturated rings. The van der Waals surface area contributed by atoms with Gasteiger partial charge in [-0.25, -0.2) is 0 Å². The molecule has 0 aromatic heterocycles. The largest absolute Gasteiger partial charge is 0.494 e. The second kappa shape index (κ2) is 10.4. The summed E-state index contributed by atoms with van der Waals surface area (Å²) in [6.07, 6.45) is 9.37. The molecule has 146 valence electrons. The van der Waals surface area contributed by atoms with Gasteiger partial charge in [0, 0.05) is 18.3 Å². The zero-order valence-corrected chi connectivity index (χ0v) is 15.7. The van der Waals surface area contributed by atoms with Crippen molar-refractivity contribution in [3.05, 3.63) is 72.3 Å². The maximum absolute atomic E-state index is 9.00. The third kappa shape index (κ3) is 6.51. The van der Waals surface area contributed by atoms with Crippen molar-refractivity contribution in [2.24, 2.45) is 11.5 Å². The first-order chi connectivity index (χ1) is 13.0. The van der Waals surface area contributed by atoms with E-state index in [9.17, 15) is 0 Å². The molecule has 0 saturated heterocycles. The van der Waals surface area contributed by atoms with E-state index in [1.54, 1.807) is 6.20 Å². The molecule has 1 aromatic carbocycles. The Morgan fingerprint density at radius 1 is 1.41 bits per heavy atom. The summed E-state index contributed by atoms with van der Waals surface area (Å²) in [5.74, 6) is 1.67. The summed E-state index contributed by atoms with van der Waals surface area (Å²) in [6, 6.07) is 7.00. The monoisotopic (exact) mass is 371 g/mol. The Labute approximate surface area is 160 Å². The maximum Gasteiger partial charge on any atom is 0.121 e. The molecule has 0 unspecified atom stereocenters. The fraction of sp³-hybridized carbons (Fsp3) is 0.333. The van der Waals surface area contributed by atoms with Gasteiger partial charge in [0.1, 0.15) is 17.6 Å². The lowest BCUT2D eigenvalue weighted by Gasteiger charge is -2.18. The highest BCUT2D eigenvalue weighted by Gasteiger charge is 2.11. The highest BCUT2D eigenvalue weighted by Crippen LogP contribution is 2.21. The van der Waals surface area contributed by atoms with E-state index >= 15 is 0 Å². The Bertz CT molecular complexity index is 708. The normalized spacial score (nSPS) is 17.8. The van der Waals surface area contributed by atoms with Crippen molar-refractivity contribution in [3.63, 3.8) is 0 Å². The van der Waals surface area contributed by atoms with Gasteiger partial charge in [0.05, 0.1) is 25.0 Å². The first-order valence-electron chi connectivity index (χ1n) is 9.09. The number of rotatable bonds is 10. The van der Waals surface area contributed by atoms with E-state index < -0.39 is 6.04 Å². The smallest absolute Gasteiger partial charge is 0.121 e. The van der Waals surface area contributed by atoms with Crippen LogP contribution in [-0.2, 0) is 4.74 Å². The van der Waals surface area contributed by atoms with Gasteiger partial charge in [0.2, 0.25) is 0 Å². The Kier molecular flexibility index (Phi) is 7.98. The molecule has 6 nitrogen and oxygen atoms in total. The molecule has 27 heavy (non-hydrogen) atoms. The standard InChI is InChI=1S/C21H29N3O3/c1-3-12-26-17-8-10-19(11-9-17)27-18-6-4-16(5-7-18)20(22)13-24-15(2)21(23)14-25/h4-10,13,19,21,24-25H,2-3,11-12,14,22-23H2,1H3/b20-13-/t19-,21-/m0/s1. The number of hydrogen-bond acceptors (Lipinski definition) is 6. The maximum atomic E-state index is 9.00. The van der Waals surface area contributed by atoms with Gasteiger partial charge in [-0.15, -0.1) is 0 Å². The van der Waals surface area contributed by atoms with Crippen molar-refractivity contribution in [1.82, 2.24) is 5.32 Å². The molecule has 2 rings (SSSR count). The van der Waals surface area contributed by atoms with E-state index in [1.807, 2.05) is 42.5 Å². The summed E-state index contributed by atoms with van der Waals surface area (Å²) in [4.78, 5) is 0. The molecular formula is C21H29N3O3. The molecule has 0 heterocycles. The van der Waals surface area contributed by atoms with Crippen LogP contribution in [0.2, 0.25) is 0 Å². The molecule has 1 aromatic rings. The summed E-state index contributed by atoms with van der Waals surface area (Å²) in [7, 11) is 0. The summed E-state index contributed by atoms with van der Waals surface area (Å²) >= 11 is 0. The topological polar surface area (TPSA) is 103 Å². The van der Waals surface area contributed by atoms with Crippen LogP contribution >= 0.6 is 0 Å². The average Bonchev–Trinajstić information content (AvgIpc) is 2.71. The summed E-state index contributed by atoms with van der Waals surface area (Å²) in [6.45, 7) is 6.39. The van der Waals surface area contributed by atoms with Gasteiger partial charge in [0.25, 0.3) is 0 Å². The summed E-state index contributed by atoms with van der Waals surface area (Å²) < 4.78 is 11.6. The lowest BCUT2D eigenvalue weighted by Crippen LogP contribution is -2.32. The quantitative estimate of drug-likeness (QED) is 0.504. The number of hydrogen-bond donors (Lipinski definition) is 4. The van der Waals surface area contributed by atoms with Gasteiger partial charge < -0.3 is 31.4 Å². The van der Waals surface area contributed by atoms with Crippen LogP contribution in [-0.4, -0.2) is 30.5 Å². The van der Waals surface area contributed by atoms with Crippen molar-refractivity contribution >= 4 is 5.70 Å². The number of nitrogens with two attached hydrogens (primary N) is 2. The Morgan fingerprint density at radius 3 is 2.74 bits per heavy atom. The van der Waals surface area contributed by atoms with Gasteiger partial charge in [-0.2, -0.15) is 0 Å². The SMILES string of the molecule is C=C(N/C=C(\N)c1ccc(O[C@H]2C=CC(OCCC)=CC2)cc1)[C@@H](N)CO. The van der Waals surface area contributed by atoms with Crippen molar-refractivity contribution in [1.29, 1.82) is 0 Å². The minimum atomic E-state index is -0.532. The predicted octanol–water partition coefficient (Wildman–Crippen LogP) is 2.38. The molecule has 0 radical (unpaired) electrons. The lowest BCUT2D eigenvalue weighted by atomic mass is 10.1. The van der Waals surface area contributed by atoms with E-state index in [1.165, 1.54) is 0 Å². The van der Waals surface area contributed by atoms with Crippen LogP contribution in [0.15, 0.2) is 66.7 Å². The van der Waals surface area contributed by atoms with E-state index in [2.05, 4.69) is 18.8 Å². The fourth-order valence-corrected chi connectivity index (χ4v) is 2.37. The number of ether oxygens (including phenoxy) is 2. The zero-order valence-electron chi connectivity index (χ0n) is 15.7. The van der Waals surface area contributed by atoms with E-state index in [0.29, 0.717) is 11.4 Å². The van der Waals surface area contributed by atoms with Crippen LogP contribution in [0.3, 0.4) is 0 Å². The average molecular weight is 371 g/mol. The van der Waals surface area contributed by atoms with Crippen LogP contribution in [0.5, 0.6) is 5.75 Å². The highest BCUT2D eigenvalue weighted by molar-refractivity contribution is 5.63. The van der Waals surface area contributed by atoms with Crippen LogP contribution in [0, 0.1) is 0 Å². The molecule has 0 spiro atoms. The predicted molar refractivity (Wildman–Crippen MR) is 108 cm³/mol. The highest BCUT2D eigenvalue weighted by atomic mass is 16.5. The molecule has 0 bridgehead atoms. The molecular weight excluding hydrogens is 342 g/mol. The lowest BCUT2D eigenvalue weighted by molar-refractivity contribution is 0.209. The second-order valence-corrected chi connectivity index (χ2v) is 6.29. The van der Waals surface area contributed by atoms with Gasteiger partial charge in [0.15, 0.2) is 0 Å². The Balaban J connectivity index is 1.87. The number of aliphatic hydroxyl groups excluding tert-OH is 1. The van der Waals surface area contributed by atoms with Crippen LogP contribution in [0.25, 0.3) is 5.70 Å². The van der Waals surface area contributed by atoms with Crippen LogP contribution in [0.1, 0.15) is 25.3 Å². The molecule has 6 N–H and O–H groups in total. The Hall–Kier alpha value is -2.70. The molecule has 0 aliphatic heterocycles. The van der Waals surface area contributed by atoms with Crippen molar-refractivity contribution in [2.75, 3.05) is 13.2 Å². The fourth-order valence-electron chi connectivity index (χ4n) is 2.37. The van der Waals surface area contributed by atoms with E-state index in [0.717, 1.165) is 36.5 Å². The first kappa shape index (κ1) is 20.6. The number of nitrogens with one attached hydrogen (secondary N) is 1. The third-order valence-corrected chi connectivity index (χ3v) is 4.03. The third-order valence-electron chi connectivity index (χ3n) is 4.03. The van der Waals surface area contributed by atoms with Crippen LogP contribution in [0.4, 0.5) is 0 Å². The van der Waals surface area contributed by atoms with E-state index in [-0.39, 0.29) is 12.7 Å². The molecule has 6 heteroatoms. The molecule has 2 atom stereocenters. The molecule has 0 amide bonds. The van der Waals surface area contributed by atoms with Gasteiger partial charge in [-0.3, -0.25) is 0 Å². The van der Waals surface area contributed by atoms with Crippen molar-refractivity contribution < 1.29 is 14.6 Å². The minimum absolute atomic E-state index is 0.0114. The van der Waals surface area contributed by atoms with E-state index in [4.69, 9.17) is 26.0 Å². The van der Waals surface area contributed by atoms with Gasteiger partial charge in [-0.1, -0.05) is 13.5 Å². The van der Waals surface area contributed by atoms with Crippen LogP contribution < -0.4 is 21.5 Å². The molecule has 1 aliphatic rings. The summed E-state index contributed by atoms with van der Waals surface area (Å²) in [5, 5.41) is 11.9. The molecule has 1 aliphatic carbocycles. The number of allylic oxidation sites excluding steroid dienone is 1. The minimum Gasteiger partial charge on any atom is -0.494 e. The van der Waals surface area contributed by atoms with Crippen molar-refractivity contribution in [3.8, 4) is 5.75 Å². The van der Waals surface area contributed by atoms with Gasteiger partial charge >= 0.3 is 0 Å². The number of benzene rings is 1. The first-order valence-corrected chi connectivity index (χ1v) is 9.09. The summed E-state index contributed by atoms with van der Waals surface area (Å²) in [5.41, 5.74) is 13.6. The second-order valence-electron chi connectivity index (χ2n) is 6.29. The molecule has 0 saturated carbocycles. The van der Waals surface area contributed by atoms with Gasteiger partial charge in [-0.05, 0) is 54.5 Å². The Morgan fingerprint density at radius 2 is 2.15 bits per heavy atom. The zero-order chi connectivity index (χ0) is 19.6. The van der Waals surface area contributed by atoms with Crippen molar-refractivity contribution in [2.45, 2.75) is 31.9 Å².